The van der Waals surface area contributed by atoms with Crippen molar-refractivity contribution in [3.63, 3.8) is 0 Å². The Balaban J connectivity index is 1.38. The molecule has 0 radical (unpaired) electrons. The van der Waals surface area contributed by atoms with Gasteiger partial charge >= 0.3 is 0 Å². The highest BCUT2D eigenvalue weighted by molar-refractivity contribution is 7.33. The molecule has 8 aromatic rings. The zero-order valence-electron chi connectivity index (χ0n) is 42.4. The molecule has 0 N–H and O–H groups in total. The number of hydrogen-bond acceptors (Lipinski definition) is 3. The molecule has 4 heterocycles. The second-order valence-corrected chi connectivity index (χ2v) is 23.4. The van der Waals surface area contributed by atoms with Crippen LogP contribution >= 0.6 is 11.3 Å². The summed E-state index contributed by atoms with van der Waals surface area (Å²) in [5.41, 5.74) is 18.0. The van der Waals surface area contributed by atoms with Crippen LogP contribution in [0.25, 0.3) is 26.7 Å². The van der Waals surface area contributed by atoms with Gasteiger partial charge in [-0.05, 0) is 142 Å². The van der Waals surface area contributed by atoms with Crippen LogP contribution in [0, 0.1) is 13.8 Å². The van der Waals surface area contributed by atoms with Crippen LogP contribution in [0.3, 0.4) is 0 Å². The molecule has 2 aliphatic rings. The number of rotatable bonds is 3. The Kier molecular flexibility index (Phi) is 8.44. The molecule has 0 saturated heterocycles. The van der Waals surface area contributed by atoms with Gasteiger partial charge in [0, 0.05) is 58.4 Å². The minimum atomic E-state index is -2.21. The van der Waals surface area contributed by atoms with Crippen molar-refractivity contribution in [3.05, 3.63) is 155 Å². The molecule has 0 fully saturated rings. The highest BCUT2D eigenvalue weighted by Gasteiger charge is 2.48. The molecule has 0 aliphatic carbocycles. The quantitative estimate of drug-likeness (QED) is 0.164. The Morgan fingerprint density at radius 3 is 1.44 bits per heavy atom. The van der Waals surface area contributed by atoms with Gasteiger partial charge in [-0.3, -0.25) is 0 Å². The maximum absolute atomic E-state index is 8.29. The molecular formula is C58H62BN3S. The summed E-state index contributed by atoms with van der Waals surface area (Å²) >= 11 is 1.91. The molecule has 2 aromatic heterocycles. The van der Waals surface area contributed by atoms with Crippen LogP contribution < -0.4 is 25.6 Å². The topological polar surface area (TPSA) is 11.4 Å². The summed E-state index contributed by atoms with van der Waals surface area (Å²) in [5, 5.41) is 2.43. The molecule has 3 nitrogen and oxygen atoms in total. The van der Waals surface area contributed by atoms with Gasteiger partial charge in [-0.25, -0.2) is 0 Å². The minimum absolute atomic E-state index is 0.00874. The number of anilines is 6. The average molecular weight is 847 g/mol. The Hall–Kier alpha value is -5.52. The Labute approximate surface area is 384 Å². The highest BCUT2D eigenvalue weighted by Crippen LogP contribution is 2.51. The largest absolute Gasteiger partial charge is 0.319 e. The van der Waals surface area contributed by atoms with Crippen LogP contribution in [0.4, 0.5) is 34.1 Å². The van der Waals surface area contributed by atoms with E-state index in [0.717, 1.165) is 28.3 Å². The second-order valence-electron chi connectivity index (χ2n) is 22.3. The van der Waals surface area contributed by atoms with E-state index in [9.17, 15) is 0 Å². The second kappa shape index (κ2) is 14.0. The minimum Gasteiger partial charge on any atom is -0.319 e. The molecule has 10 rings (SSSR count). The SMILES string of the molecule is [2H]C([2H])([2H])c1ccc(-n2c3c(c4cc(C(C)(C)C)ccc42)N(c2ccc(C(C)(C)C)cc2)c2cc(C)cc4c2B3c2sc3ccc(C(C)(C)C)cc3c2N4c2ccc(C(C)(C)C)cc2)cc1. The van der Waals surface area contributed by atoms with Crippen LogP contribution in [0.2, 0.25) is 0 Å². The first kappa shape index (κ1) is 38.0. The van der Waals surface area contributed by atoms with Crippen molar-refractivity contribution in [1.82, 2.24) is 4.57 Å². The normalized spacial score (nSPS) is 15.0. The fraction of sp³-hybridized carbons (Fsp3) is 0.310. The van der Waals surface area contributed by atoms with E-state index in [1.165, 1.54) is 76.2 Å². The van der Waals surface area contributed by atoms with Gasteiger partial charge in [0.1, 0.15) is 0 Å². The number of aromatic nitrogens is 1. The van der Waals surface area contributed by atoms with Gasteiger partial charge in [0.2, 0.25) is 0 Å². The zero-order valence-corrected chi connectivity index (χ0v) is 40.2. The van der Waals surface area contributed by atoms with E-state index >= 15 is 0 Å². The molecule has 318 valence electrons. The van der Waals surface area contributed by atoms with Gasteiger partial charge in [0.05, 0.1) is 16.9 Å². The Morgan fingerprint density at radius 2 is 0.937 bits per heavy atom. The van der Waals surface area contributed by atoms with Crippen molar-refractivity contribution >= 4 is 89.0 Å². The molecule has 0 atom stereocenters. The van der Waals surface area contributed by atoms with Crippen molar-refractivity contribution in [2.24, 2.45) is 0 Å². The standard InChI is InChI=1S/C58H62BN3S/c1-35-15-23-43(24-16-35)62-46-29-21-39(57(9,10)11)33-44(46)51-53(62)59-50-47(60(51)41-25-17-37(18-26-41)55(3,4)5)31-36(2)32-48(50)61(42-27-19-38(20-28-42)56(6,7)8)52-45-34-40(58(12,13)14)22-30-49(45)63-54(52)59/h15-34H,1-14H3/i1D3. The average Bonchev–Trinajstić information content (AvgIpc) is 3.78. The van der Waals surface area contributed by atoms with E-state index in [1.54, 1.807) is 12.1 Å². The van der Waals surface area contributed by atoms with Crippen molar-refractivity contribution in [2.75, 3.05) is 9.80 Å². The lowest BCUT2D eigenvalue weighted by molar-refractivity contribution is 0.590. The summed E-state index contributed by atoms with van der Waals surface area (Å²) in [6, 6.07) is 45.1. The molecule has 0 saturated carbocycles. The summed E-state index contributed by atoms with van der Waals surface area (Å²) in [5.74, 6) is 0. The summed E-state index contributed by atoms with van der Waals surface area (Å²) < 4.78 is 29.9. The van der Waals surface area contributed by atoms with Crippen LogP contribution in [-0.2, 0) is 21.7 Å². The van der Waals surface area contributed by atoms with Gasteiger partial charge < -0.3 is 14.4 Å². The molecule has 5 heteroatoms. The molecular weight excluding hydrogens is 782 g/mol. The lowest BCUT2D eigenvalue weighted by atomic mass is 9.37. The summed E-state index contributed by atoms with van der Waals surface area (Å²) in [6.45, 7) is 27.3. The Bertz CT molecular complexity index is 3200. The van der Waals surface area contributed by atoms with Crippen molar-refractivity contribution < 1.29 is 4.11 Å². The molecule has 2 aliphatic heterocycles. The number of nitrogens with zero attached hydrogens (tertiary/aromatic N) is 3. The van der Waals surface area contributed by atoms with E-state index in [-0.39, 0.29) is 28.4 Å². The van der Waals surface area contributed by atoms with Gasteiger partial charge in [0.15, 0.2) is 0 Å². The molecule has 0 spiro atoms. The monoisotopic (exact) mass is 846 g/mol. The van der Waals surface area contributed by atoms with Crippen LogP contribution in [0.1, 0.15) is 121 Å². The number of benzene rings is 6. The van der Waals surface area contributed by atoms with Crippen molar-refractivity contribution in [2.45, 2.75) is 119 Å². The van der Waals surface area contributed by atoms with Gasteiger partial charge in [-0.1, -0.05) is 137 Å². The first-order chi connectivity index (χ1) is 30.8. The van der Waals surface area contributed by atoms with E-state index in [2.05, 4.69) is 201 Å². The number of hydrogen-bond donors (Lipinski definition) is 0. The van der Waals surface area contributed by atoms with E-state index < -0.39 is 6.85 Å². The van der Waals surface area contributed by atoms with Crippen LogP contribution in [-0.4, -0.2) is 11.3 Å². The predicted molar refractivity (Wildman–Crippen MR) is 277 cm³/mol. The van der Waals surface area contributed by atoms with Gasteiger partial charge in [0.25, 0.3) is 6.71 Å². The molecule has 0 unspecified atom stereocenters. The van der Waals surface area contributed by atoms with E-state index in [1.807, 2.05) is 23.5 Å². The summed E-state index contributed by atoms with van der Waals surface area (Å²) in [6.07, 6.45) is 0. The third-order valence-corrected chi connectivity index (χ3v) is 14.8. The molecule has 6 aromatic carbocycles. The smallest absolute Gasteiger partial charge is 0.285 e. The molecule has 63 heavy (non-hydrogen) atoms. The first-order valence-electron chi connectivity index (χ1n) is 24.1. The zero-order chi connectivity index (χ0) is 47.2. The van der Waals surface area contributed by atoms with Crippen molar-refractivity contribution in [3.8, 4) is 5.69 Å². The Morgan fingerprint density at radius 1 is 0.476 bits per heavy atom. The summed E-state index contributed by atoms with van der Waals surface area (Å²) in [4.78, 5) is 5.11. The lowest BCUT2D eigenvalue weighted by Gasteiger charge is -2.43. The first-order valence-corrected chi connectivity index (χ1v) is 23.4. The predicted octanol–water partition coefficient (Wildman–Crippen LogP) is 14.7. The van der Waals surface area contributed by atoms with Crippen LogP contribution in [0.15, 0.2) is 121 Å². The third-order valence-electron chi connectivity index (χ3n) is 13.5. The maximum atomic E-state index is 8.29. The number of fused-ring (bicyclic) bond motifs is 8. The van der Waals surface area contributed by atoms with E-state index in [0.29, 0.717) is 5.56 Å². The number of thiophene rings is 1. The molecule has 0 bridgehead atoms. The fourth-order valence-corrected chi connectivity index (χ4v) is 11.2. The molecule has 0 amide bonds. The number of aryl methyl sites for hydroxylation is 2. The van der Waals surface area contributed by atoms with Gasteiger partial charge in [-0.15, -0.1) is 11.3 Å². The summed E-state index contributed by atoms with van der Waals surface area (Å²) in [7, 11) is 0. The lowest BCUT2D eigenvalue weighted by Crippen LogP contribution is -2.62. The third kappa shape index (κ3) is 6.68. The van der Waals surface area contributed by atoms with Crippen molar-refractivity contribution in [1.29, 1.82) is 0 Å². The highest BCUT2D eigenvalue weighted by atomic mass is 32.1. The maximum Gasteiger partial charge on any atom is 0.285 e. The van der Waals surface area contributed by atoms with Crippen LogP contribution in [0.5, 0.6) is 0 Å². The van der Waals surface area contributed by atoms with Gasteiger partial charge in [-0.2, -0.15) is 0 Å². The van der Waals surface area contributed by atoms with E-state index in [4.69, 9.17) is 4.11 Å². The fourth-order valence-electron chi connectivity index (χ4n) is 9.96.